The van der Waals surface area contributed by atoms with Crippen LogP contribution in [0.2, 0.25) is 0 Å². The maximum absolute atomic E-state index is 10.9. The maximum Gasteiger partial charge on any atom is 0.164 e. The van der Waals surface area contributed by atoms with Gasteiger partial charge < -0.3 is 9.47 Å². The number of hydrogen-bond acceptors (Lipinski definition) is 3. The van der Waals surface area contributed by atoms with Crippen LogP contribution in [0.1, 0.15) is 36.2 Å². The van der Waals surface area contributed by atoms with Gasteiger partial charge in [-0.15, -0.1) is 6.58 Å². The average molecular weight is 262 g/mol. The molecule has 1 aromatic rings. The van der Waals surface area contributed by atoms with Crippen LogP contribution in [0.25, 0.3) is 0 Å². The van der Waals surface area contributed by atoms with E-state index in [1.807, 2.05) is 6.07 Å². The summed E-state index contributed by atoms with van der Waals surface area (Å²) in [7, 11) is 1.58. The Morgan fingerprint density at radius 2 is 2.11 bits per heavy atom. The van der Waals surface area contributed by atoms with Crippen molar-refractivity contribution in [2.75, 3.05) is 13.7 Å². The van der Waals surface area contributed by atoms with Crippen LogP contribution in [0, 0.1) is 5.92 Å². The normalized spacial score (nSPS) is 10.3. The Morgan fingerprint density at radius 3 is 2.63 bits per heavy atom. The molecule has 19 heavy (non-hydrogen) atoms. The molecule has 0 spiro atoms. The first kappa shape index (κ1) is 15.3. The van der Waals surface area contributed by atoms with Crippen molar-refractivity contribution < 1.29 is 14.3 Å². The number of rotatable bonds is 8. The second-order valence-corrected chi connectivity index (χ2v) is 4.85. The van der Waals surface area contributed by atoms with Gasteiger partial charge in [0.2, 0.25) is 0 Å². The van der Waals surface area contributed by atoms with E-state index in [1.165, 1.54) is 0 Å². The van der Waals surface area contributed by atoms with Gasteiger partial charge in [0, 0.05) is 11.1 Å². The van der Waals surface area contributed by atoms with E-state index in [0.29, 0.717) is 36.0 Å². The largest absolute Gasteiger partial charge is 0.493 e. The van der Waals surface area contributed by atoms with E-state index in [9.17, 15) is 4.79 Å². The Kier molecular flexibility index (Phi) is 6.13. The molecular formula is C16H22O3. The van der Waals surface area contributed by atoms with E-state index in [1.54, 1.807) is 19.3 Å². The van der Waals surface area contributed by atoms with Crippen LogP contribution in [0.5, 0.6) is 11.5 Å². The standard InChI is InChI=1S/C16H22O3/c1-5-6-14-9-13(11-17)10-15(18-4)16(14)19-8-7-12(2)3/h5,9-12H,1,6-8H2,2-4H3. The number of ether oxygens (including phenoxy) is 2. The first-order chi connectivity index (χ1) is 9.12. The van der Waals surface area contributed by atoms with E-state index in [-0.39, 0.29) is 0 Å². The van der Waals surface area contributed by atoms with E-state index in [2.05, 4.69) is 20.4 Å². The molecule has 1 rings (SSSR count). The lowest BCUT2D eigenvalue weighted by molar-refractivity contribution is 0.112. The van der Waals surface area contributed by atoms with E-state index < -0.39 is 0 Å². The zero-order chi connectivity index (χ0) is 14.3. The van der Waals surface area contributed by atoms with Gasteiger partial charge in [-0.1, -0.05) is 19.9 Å². The number of carbonyl (C=O) groups excluding carboxylic acids is 1. The van der Waals surface area contributed by atoms with Gasteiger partial charge in [0.1, 0.15) is 6.29 Å². The van der Waals surface area contributed by atoms with Gasteiger partial charge in [-0.3, -0.25) is 4.79 Å². The Labute approximate surface area is 115 Å². The molecule has 1 aromatic carbocycles. The van der Waals surface area contributed by atoms with Gasteiger partial charge in [0.25, 0.3) is 0 Å². The van der Waals surface area contributed by atoms with Crippen molar-refractivity contribution in [1.82, 2.24) is 0 Å². The fourth-order valence-electron chi connectivity index (χ4n) is 1.77. The SMILES string of the molecule is C=CCc1cc(C=O)cc(OC)c1OCCC(C)C. The molecule has 0 aliphatic carbocycles. The number of aldehydes is 1. The Hall–Kier alpha value is -1.77. The zero-order valence-electron chi connectivity index (χ0n) is 11.9. The minimum Gasteiger partial charge on any atom is -0.493 e. The third kappa shape index (κ3) is 4.43. The van der Waals surface area contributed by atoms with Crippen molar-refractivity contribution >= 4 is 6.29 Å². The van der Waals surface area contributed by atoms with Crippen molar-refractivity contribution in [3.05, 3.63) is 35.9 Å². The number of methoxy groups -OCH3 is 1. The highest BCUT2D eigenvalue weighted by Crippen LogP contribution is 2.33. The van der Waals surface area contributed by atoms with Crippen LogP contribution in [0.15, 0.2) is 24.8 Å². The van der Waals surface area contributed by atoms with Crippen LogP contribution < -0.4 is 9.47 Å². The molecule has 0 fully saturated rings. The van der Waals surface area contributed by atoms with Gasteiger partial charge in [-0.2, -0.15) is 0 Å². The number of allylic oxidation sites excluding steroid dienone is 1. The lowest BCUT2D eigenvalue weighted by Crippen LogP contribution is -2.05. The monoisotopic (exact) mass is 262 g/mol. The van der Waals surface area contributed by atoms with Crippen LogP contribution >= 0.6 is 0 Å². The second kappa shape index (κ2) is 7.62. The summed E-state index contributed by atoms with van der Waals surface area (Å²) in [4.78, 5) is 10.9. The van der Waals surface area contributed by atoms with Crippen LogP contribution in [-0.4, -0.2) is 20.0 Å². The van der Waals surface area contributed by atoms with E-state index in [0.717, 1.165) is 18.3 Å². The zero-order valence-corrected chi connectivity index (χ0v) is 11.9. The predicted molar refractivity (Wildman–Crippen MR) is 77.2 cm³/mol. The second-order valence-electron chi connectivity index (χ2n) is 4.85. The van der Waals surface area contributed by atoms with Gasteiger partial charge in [-0.05, 0) is 30.9 Å². The molecule has 0 heterocycles. The van der Waals surface area contributed by atoms with Crippen LogP contribution in [0.3, 0.4) is 0 Å². The first-order valence-electron chi connectivity index (χ1n) is 6.52. The molecule has 0 amide bonds. The summed E-state index contributed by atoms with van der Waals surface area (Å²) < 4.78 is 11.1. The molecule has 0 bridgehead atoms. The minimum absolute atomic E-state index is 0.586. The number of carbonyl (C=O) groups is 1. The highest BCUT2D eigenvalue weighted by atomic mass is 16.5. The van der Waals surface area contributed by atoms with Crippen LogP contribution in [0.4, 0.5) is 0 Å². The molecule has 0 saturated heterocycles. The number of benzene rings is 1. The van der Waals surface area contributed by atoms with Gasteiger partial charge in [-0.25, -0.2) is 0 Å². The summed E-state index contributed by atoms with van der Waals surface area (Å²) in [5.41, 5.74) is 1.52. The molecule has 3 heteroatoms. The first-order valence-corrected chi connectivity index (χ1v) is 6.52. The highest BCUT2D eigenvalue weighted by Gasteiger charge is 2.12. The fourth-order valence-corrected chi connectivity index (χ4v) is 1.77. The molecule has 0 aromatic heterocycles. The van der Waals surface area contributed by atoms with Gasteiger partial charge >= 0.3 is 0 Å². The molecule has 0 atom stereocenters. The van der Waals surface area contributed by atoms with Crippen molar-refractivity contribution in [1.29, 1.82) is 0 Å². The topological polar surface area (TPSA) is 35.5 Å². The smallest absolute Gasteiger partial charge is 0.164 e. The Bertz CT molecular complexity index is 436. The third-order valence-electron chi connectivity index (χ3n) is 2.82. The van der Waals surface area contributed by atoms with Crippen molar-refractivity contribution in [2.24, 2.45) is 5.92 Å². The third-order valence-corrected chi connectivity index (χ3v) is 2.82. The molecule has 0 unspecified atom stereocenters. The van der Waals surface area contributed by atoms with Crippen molar-refractivity contribution in [2.45, 2.75) is 26.7 Å². The van der Waals surface area contributed by atoms with E-state index >= 15 is 0 Å². The Morgan fingerprint density at radius 1 is 1.37 bits per heavy atom. The minimum atomic E-state index is 0.586. The number of hydrogen-bond donors (Lipinski definition) is 0. The molecule has 104 valence electrons. The molecule has 0 saturated carbocycles. The maximum atomic E-state index is 10.9. The average Bonchev–Trinajstić information content (AvgIpc) is 2.39. The Balaban J connectivity index is 3.02. The highest BCUT2D eigenvalue weighted by molar-refractivity contribution is 5.77. The molecular weight excluding hydrogens is 240 g/mol. The van der Waals surface area contributed by atoms with Crippen LogP contribution in [-0.2, 0) is 6.42 Å². The molecule has 0 radical (unpaired) electrons. The summed E-state index contributed by atoms with van der Waals surface area (Å²) in [6.45, 7) is 8.68. The van der Waals surface area contributed by atoms with Gasteiger partial charge in [0.05, 0.1) is 13.7 Å². The lowest BCUT2D eigenvalue weighted by atomic mass is 10.1. The summed E-state index contributed by atoms with van der Waals surface area (Å²) >= 11 is 0. The lowest BCUT2D eigenvalue weighted by Gasteiger charge is -2.16. The van der Waals surface area contributed by atoms with Crippen molar-refractivity contribution in [3.63, 3.8) is 0 Å². The predicted octanol–water partition coefficient (Wildman–Crippen LogP) is 3.66. The van der Waals surface area contributed by atoms with Gasteiger partial charge in [0.15, 0.2) is 11.5 Å². The molecule has 0 N–H and O–H groups in total. The van der Waals surface area contributed by atoms with Crippen molar-refractivity contribution in [3.8, 4) is 11.5 Å². The quantitative estimate of drug-likeness (QED) is 0.530. The fraction of sp³-hybridized carbons (Fsp3) is 0.438. The summed E-state index contributed by atoms with van der Waals surface area (Å²) in [6, 6.07) is 3.52. The molecule has 0 aliphatic rings. The summed E-state index contributed by atoms with van der Waals surface area (Å²) in [5.74, 6) is 1.90. The molecule has 0 aliphatic heterocycles. The summed E-state index contributed by atoms with van der Waals surface area (Å²) in [5, 5.41) is 0. The molecule has 3 nitrogen and oxygen atoms in total. The summed E-state index contributed by atoms with van der Waals surface area (Å²) in [6.07, 6.45) is 4.23. The van der Waals surface area contributed by atoms with E-state index in [4.69, 9.17) is 9.47 Å².